The molecule has 1 aliphatic rings. The standard InChI is InChI=1S/C46H27N/c1-3-9-28(10-4-1)37-23-34-26-41-39-22-32-19-20-36(47-43-15-7-13-30-17-18-31-14-8-16-44(47)46(31)45(30)43)21-33(32)25-40(39)42(41)27-35(34)24-38(37)29-11-5-2-6-12-29/h1-27H. The molecule has 0 fully saturated rings. The van der Waals surface area contributed by atoms with E-state index < -0.39 is 0 Å². The highest BCUT2D eigenvalue weighted by Gasteiger charge is 2.25. The molecular formula is C46H27N. The second-order valence-electron chi connectivity index (χ2n) is 13.0. The molecule has 0 saturated heterocycles. The summed E-state index contributed by atoms with van der Waals surface area (Å²) in [5.41, 5.74) is 14.1. The van der Waals surface area contributed by atoms with E-state index in [-0.39, 0.29) is 0 Å². The summed E-state index contributed by atoms with van der Waals surface area (Å²) in [6, 6.07) is 60.7. The van der Waals surface area contributed by atoms with Crippen molar-refractivity contribution in [2.24, 2.45) is 0 Å². The number of aromatic nitrogens is 1. The Labute approximate surface area is 271 Å². The van der Waals surface area contributed by atoms with E-state index in [0.717, 1.165) is 0 Å². The van der Waals surface area contributed by atoms with E-state index in [2.05, 4.69) is 168 Å². The topological polar surface area (TPSA) is 4.93 Å². The van der Waals surface area contributed by atoms with Gasteiger partial charge in [0.05, 0.1) is 11.0 Å². The van der Waals surface area contributed by atoms with Crippen molar-refractivity contribution in [2.75, 3.05) is 0 Å². The molecule has 0 bridgehead atoms. The third-order valence-electron chi connectivity index (χ3n) is 10.4. The molecule has 10 aromatic rings. The molecule has 11 rings (SSSR count). The quantitative estimate of drug-likeness (QED) is 0.180. The molecule has 216 valence electrons. The van der Waals surface area contributed by atoms with Gasteiger partial charge in [0.1, 0.15) is 0 Å². The number of benzene rings is 9. The van der Waals surface area contributed by atoms with Crippen LogP contribution >= 0.6 is 0 Å². The molecule has 0 atom stereocenters. The highest BCUT2D eigenvalue weighted by Crippen LogP contribution is 2.51. The fourth-order valence-corrected chi connectivity index (χ4v) is 8.21. The minimum Gasteiger partial charge on any atom is -0.309 e. The number of fused-ring (bicyclic) bond motifs is 6. The van der Waals surface area contributed by atoms with Crippen LogP contribution in [-0.2, 0) is 0 Å². The maximum Gasteiger partial charge on any atom is 0.0547 e. The van der Waals surface area contributed by atoms with Gasteiger partial charge in [0.25, 0.3) is 0 Å². The molecule has 0 saturated carbocycles. The SMILES string of the molecule is c1ccc(-c2cc3cc4c(cc3cc2-c2ccccc2)-c2cc3cc(-n5c6cccc7ccc8cccc5c8c76)ccc3cc2-4)cc1. The van der Waals surface area contributed by atoms with Crippen molar-refractivity contribution in [2.45, 2.75) is 0 Å². The van der Waals surface area contributed by atoms with Crippen molar-refractivity contribution >= 4 is 54.1 Å². The third-order valence-corrected chi connectivity index (χ3v) is 10.4. The predicted octanol–water partition coefficient (Wildman–Crippen LogP) is 12.7. The zero-order chi connectivity index (χ0) is 30.6. The van der Waals surface area contributed by atoms with Gasteiger partial charge < -0.3 is 4.57 Å². The summed E-state index contributed by atoms with van der Waals surface area (Å²) in [4.78, 5) is 0. The first-order valence-electron chi connectivity index (χ1n) is 16.3. The van der Waals surface area contributed by atoms with Crippen LogP contribution in [0.3, 0.4) is 0 Å². The highest BCUT2D eigenvalue weighted by atomic mass is 15.0. The summed E-state index contributed by atoms with van der Waals surface area (Å²) >= 11 is 0. The summed E-state index contributed by atoms with van der Waals surface area (Å²) in [5.74, 6) is 0. The summed E-state index contributed by atoms with van der Waals surface area (Å²) < 4.78 is 2.44. The van der Waals surface area contributed by atoms with Crippen LogP contribution in [0.1, 0.15) is 0 Å². The zero-order valence-electron chi connectivity index (χ0n) is 25.5. The average molecular weight is 594 g/mol. The molecule has 0 radical (unpaired) electrons. The van der Waals surface area contributed by atoms with E-state index in [4.69, 9.17) is 0 Å². The number of hydrogen-bond donors (Lipinski definition) is 0. The lowest BCUT2D eigenvalue weighted by Gasteiger charge is -2.26. The van der Waals surface area contributed by atoms with Crippen molar-refractivity contribution < 1.29 is 0 Å². The van der Waals surface area contributed by atoms with Gasteiger partial charge in [-0.2, -0.15) is 0 Å². The molecule has 0 aliphatic heterocycles. The Hall–Kier alpha value is -6.18. The maximum absolute atomic E-state index is 2.44. The van der Waals surface area contributed by atoms with E-state index in [1.54, 1.807) is 0 Å². The van der Waals surface area contributed by atoms with E-state index in [9.17, 15) is 0 Å². The molecule has 1 nitrogen and oxygen atoms in total. The number of nitrogens with zero attached hydrogens (tertiary/aromatic N) is 1. The molecule has 1 aliphatic carbocycles. The van der Waals surface area contributed by atoms with Gasteiger partial charge in [-0.3, -0.25) is 0 Å². The Bertz CT molecular complexity index is 2810. The first-order valence-corrected chi connectivity index (χ1v) is 16.3. The van der Waals surface area contributed by atoms with Crippen LogP contribution in [0.5, 0.6) is 0 Å². The van der Waals surface area contributed by atoms with Crippen molar-refractivity contribution in [1.82, 2.24) is 4.57 Å². The Morgan fingerprint density at radius 3 is 1.21 bits per heavy atom. The second kappa shape index (κ2) is 9.19. The van der Waals surface area contributed by atoms with E-state index in [1.165, 1.54) is 104 Å². The van der Waals surface area contributed by atoms with Crippen molar-refractivity contribution in [1.29, 1.82) is 0 Å². The third kappa shape index (κ3) is 3.49. The van der Waals surface area contributed by atoms with Crippen molar-refractivity contribution in [3.05, 3.63) is 164 Å². The largest absolute Gasteiger partial charge is 0.309 e. The van der Waals surface area contributed by atoms with Crippen LogP contribution < -0.4 is 0 Å². The maximum atomic E-state index is 2.44. The summed E-state index contributed by atoms with van der Waals surface area (Å²) in [6.45, 7) is 0. The van der Waals surface area contributed by atoms with Gasteiger partial charge in [-0.25, -0.2) is 0 Å². The number of hydrogen-bond acceptors (Lipinski definition) is 0. The zero-order valence-corrected chi connectivity index (χ0v) is 25.5. The fraction of sp³-hybridized carbons (Fsp3) is 0. The van der Waals surface area contributed by atoms with Crippen molar-refractivity contribution in [3.8, 4) is 50.2 Å². The molecule has 1 heteroatoms. The van der Waals surface area contributed by atoms with E-state index in [1.807, 2.05) is 0 Å². The fourth-order valence-electron chi connectivity index (χ4n) is 8.21. The highest BCUT2D eigenvalue weighted by molar-refractivity contribution is 6.24. The Morgan fingerprint density at radius 1 is 0.277 bits per heavy atom. The van der Waals surface area contributed by atoms with Crippen molar-refractivity contribution in [3.63, 3.8) is 0 Å². The molecule has 9 aromatic carbocycles. The lowest BCUT2D eigenvalue weighted by molar-refractivity contribution is 1.19. The van der Waals surface area contributed by atoms with E-state index in [0.29, 0.717) is 0 Å². The molecular weight excluding hydrogens is 567 g/mol. The average Bonchev–Trinajstić information content (AvgIpc) is 3.48. The second-order valence-corrected chi connectivity index (χ2v) is 13.0. The Morgan fingerprint density at radius 2 is 0.702 bits per heavy atom. The van der Waals surface area contributed by atoms with Crippen LogP contribution in [0.15, 0.2) is 164 Å². The van der Waals surface area contributed by atoms with Crippen LogP contribution in [0.25, 0.3) is 104 Å². The van der Waals surface area contributed by atoms with Gasteiger partial charge in [-0.15, -0.1) is 0 Å². The van der Waals surface area contributed by atoms with Crippen LogP contribution in [-0.4, -0.2) is 4.57 Å². The predicted molar refractivity (Wildman–Crippen MR) is 200 cm³/mol. The Kier molecular flexibility index (Phi) is 4.90. The monoisotopic (exact) mass is 593 g/mol. The van der Waals surface area contributed by atoms with Gasteiger partial charge in [-0.05, 0) is 137 Å². The van der Waals surface area contributed by atoms with Gasteiger partial charge >= 0.3 is 0 Å². The molecule has 0 amide bonds. The molecule has 0 unspecified atom stereocenters. The smallest absolute Gasteiger partial charge is 0.0547 e. The minimum atomic E-state index is 1.20. The van der Waals surface area contributed by atoms with Crippen LogP contribution in [0.2, 0.25) is 0 Å². The molecule has 1 aromatic heterocycles. The van der Waals surface area contributed by atoms with Gasteiger partial charge in [0, 0.05) is 16.5 Å². The Balaban J connectivity index is 1.08. The van der Waals surface area contributed by atoms with Gasteiger partial charge in [0.2, 0.25) is 0 Å². The lowest BCUT2D eigenvalue weighted by Crippen LogP contribution is -2.00. The summed E-state index contributed by atoms with van der Waals surface area (Å²) in [7, 11) is 0. The summed E-state index contributed by atoms with van der Waals surface area (Å²) in [6.07, 6.45) is 0. The minimum absolute atomic E-state index is 1.20. The summed E-state index contributed by atoms with van der Waals surface area (Å²) in [5, 5.41) is 10.4. The molecule has 0 N–H and O–H groups in total. The van der Waals surface area contributed by atoms with Crippen LogP contribution in [0, 0.1) is 0 Å². The first-order chi connectivity index (χ1) is 23.3. The van der Waals surface area contributed by atoms with E-state index >= 15 is 0 Å². The molecule has 1 heterocycles. The molecule has 47 heavy (non-hydrogen) atoms. The number of rotatable bonds is 3. The van der Waals surface area contributed by atoms with Crippen LogP contribution in [0.4, 0.5) is 0 Å². The van der Waals surface area contributed by atoms with Gasteiger partial charge in [0.15, 0.2) is 0 Å². The lowest BCUT2D eigenvalue weighted by atomic mass is 9.77. The van der Waals surface area contributed by atoms with Gasteiger partial charge in [-0.1, -0.05) is 103 Å². The normalized spacial score (nSPS) is 12.3. The molecule has 0 spiro atoms. The first kappa shape index (κ1) is 25.1.